The number of hydrogen-bond acceptors (Lipinski definition) is 1. The molecule has 0 aliphatic rings. The summed E-state index contributed by atoms with van der Waals surface area (Å²) in [5.74, 6) is -0.320. The molecule has 0 saturated heterocycles. The van der Waals surface area contributed by atoms with E-state index >= 15 is 0 Å². The van der Waals surface area contributed by atoms with Gasteiger partial charge in [-0.1, -0.05) is 60.7 Å². The van der Waals surface area contributed by atoms with E-state index in [1.54, 1.807) is 24.3 Å². The number of halogens is 1. The lowest BCUT2D eigenvalue weighted by Crippen LogP contribution is -2.30. The highest BCUT2D eigenvalue weighted by Gasteiger charge is 2.31. The fourth-order valence-corrected chi connectivity index (χ4v) is 5.43. The summed E-state index contributed by atoms with van der Waals surface area (Å²) in [5, 5.41) is 4.65. The summed E-state index contributed by atoms with van der Waals surface area (Å²) in [6.45, 7) is 3.78. The minimum atomic E-state index is -3.16. The van der Waals surface area contributed by atoms with Gasteiger partial charge in [0.15, 0.2) is 0 Å². The highest BCUT2D eigenvalue weighted by Crippen LogP contribution is 2.42. The van der Waals surface area contributed by atoms with E-state index in [0.717, 1.165) is 0 Å². The van der Waals surface area contributed by atoms with E-state index in [-0.39, 0.29) is 5.82 Å². The number of benzene rings is 3. The predicted octanol–water partition coefficient (Wildman–Crippen LogP) is 4.96. The van der Waals surface area contributed by atoms with Crippen LogP contribution in [0.15, 0.2) is 97.6 Å². The van der Waals surface area contributed by atoms with E-state index in [2.05, 4.69) is 11.7 Å². The van der Waals surface area contributed by atoms with E-state index in [1.165, 1.54) is 6.07 Å². The summed E-state index contributed by atoms with van der Waals surface area (Å²) in [5.41, 5.74) is 0.486. The van der Waals surface area contributed by atoms with Crippen molar-refractivity contribution in [1.29, 1.82) is 0 Å². The van der Waals surface area contributed by atoms with Crippen molar-refractivity contribution < 1.29 is 8.96 Å². The molecule has 1 N–H and O–H groups in total. The third-order valence-electron chi connectivity index (χ3n) is 4.26. The maximum atomic E-state index is 14.4. The molecule has 0 saturated carbocycles. The fourth-order valence-electron chi connectivity index (χ4n) is 2.97. The molecular formula is C22H21FNOP. The minimum Gasteiger partial charge on any atom is -0.297 e. The first kappa shape index (κ1) is 18.3. The highest BCUT2D eigenvalue weighted by molar-refractivity contribution is 7.76. The first-order chi connectivity index (χ1) is 12.6. The maximum Gasteiger partial charge on any atom is 0.205 e. The van der Waals surface area contributed by atoms with Gasteiger partial charge in [0.1, 0.15) is 5.82 Å². The monoisotopic (exact) mass is 365 g/mol. The Morgan fingerprint density at radius 1 is 0.885 bits per heavy atom. The van der Waals surface area contributed by atoms with Crippen LogP contribution in [0.3, 0.4) is 0 Å². The molecule has 0 heterocycles. The van der Waals surface area contributed by atoms with Crippen LogP contribution < -0.4 is 15.7 Å². The van der Waals surface area contributed by atoms with Crippen LogP contribution in [0.1, 0.15) is 18.0 Å². The highest BCUT2D eigenvalue weighted by atomic mass is 31.2. The zero-order valence-corrected chi connectivity index (χ0v) is 15.3. The van der Waals surface area contributed by atoms with Crippen molar-refractivity contribution in [1.82, 2.24) is 5.09 Å². The van der Waals surface area contributed by atoms with Crippen LogP contribution in [0.2, 0.25) is 0 Å². The molecule has 0 unspecified atom stereocenters. The van der Waals surface area contributed by atoms with Gasteiger partial charge in [-0.05, 0) is 36.8 Å². The molecule has 0 aliphatic carbocycles. The van der Waals surface area contributed by atoms with Crippen LogP contribution >= 0.6 is 7.29 Å². The van der Waals surface area contributed by atoms with Gasteiger partial charge in [0.2, 0.25) is 7.29 Å². The summed E-state index contributed by atoms with van der Waals surface area (Å²) in [6.07, 6.45) is 2.18. The number of hydrogen-bond donors (Lipinski definition) is 1. The molecule has 0 bridgehead atoms. The van der Waals surface area contributed by atoms with Crippen LogP contribution in [0, 0.1) is 5.82 Å². The summed E-state index contributed by atoms with van der Waals surface area (Å²) < 4.78 is 28.5. The zero-order valence-electron chi connectivity index (χ0n) is 14.4. The van der Waals surface area contributed by atoms with Gasteiger partial charge in [0.05, 0.1) is 0 Å². The first-order valence-electron chi connectivity index (χ1n) is 8.49. The van der Waals surface area contributed by atoms with Crippen LogP contribution in [0.4, 0.5) is 4.39 Å². The van der Waals surface area contributed by atoms with Crippen molar-refractivity contribution in [2.24, 2.45) is 0 Å². The van der Waals surface area contributed by atoms with Crippen molar-refractivity contribution in [2.45, 2.75) is 12.5 Å². The molecule has 0 aliphatic heterocycles. The lowest BCUT2D eigenvalue weighted by atomic mass is 10.0. The standard InChI is InChI=1S/C22H21FNOP/c1-2-11-22(20-16-9-10-17-21(20)23)24-26(25,18-12-5-3-6-13-18)19-14-7-4-8-15-19/h2-10,12-17,22H,1,11H2,(H,24,25)/t22-/m0/s1. The molecule has 0 aromatic heterocycles. The van der Waals surface area contributed by atoms with Crippen molar-refractivity contribution in [3.63, 3.8) is 0 Å². The Labute approximate surface area is 153 Å². The summed E-state index contributed by atoms with van der Waals surface area (Å²) in [6, 6.07) is 24.7. The quantitative estimate of drug-likeness (QED) is 0.474. The lowest BCUT2D eigenvalue weighted by Gasteiger charge is -2.27. The molecule has 4 heteroatoms. The Morgan fingerprint density at radius 3 is 1.88 bits per heavy atom. The molecule has 2 nitrogen and oxygen atoms in total. The topological polar surface area (TPSA) is 29.1 Å². The van der Waals surface area contributed by atoms with Gasteiger partial charge in [-0.15, -0.1) is 6.58 Å². The Balaban J connectivity index is 2.09. The Morgan fingerprint density at radius 2 is 1.38 bits per heavy atom. The first-order valence-corrected chi connectivity index (χ1v) is 10.2. The maximum absolute atomic E-state index is 14.4. The van der Waals surface area contributed by atoms with Crippen molar-refractivity contribution in [2.75, 3.05) is 0 Å². The van der Waals surface area contributed by atoms with Gasteiger partial charge in [0, 0.05) is 22.2 Å². The van der Waals surface area contributed by atoms with E-state index < -0.39 is 13.3 Å². The van der Waals surface area contributed by atoms with Crippen LogP contribution in [-0.4, -0.2) is 0 Å². The van der Waals surface area contributed by atoms with E-state index in [4.69, 9.17) is 0 Å². The SMILES string of the molecule is C=CC[C@H](NP(=O)(c1ccccc1)c1ccccc1)c1ccccc1F. The molecule has 3 aromatic rings. The normalized spacial score (nSPS) is 12.5. The Hall–Kier alpha value is -2.48. The molecule has 0 fully saturated rings. The van der Waals surface area contributed by atoms with E-state index in [0.29, 0.717) is 22.6 Å². The summed E-state index contributed by atoms with van der Waals surface area (Å²) >= 11 is 0. The third kappa shape index (κ3) is 3.85. The van der Waals surface area contributed by atoms with E-state index in [9.17, 15) is 8.96 Å². The van der Waals surface area contributed by atoms with Crippen LogP contribution in [0.5, 0.6) is 0 Å². The second-order valence-corrected chi connectivity index (χ2v) is 8.52. The Bertz CT molecular complexity index is 868. The average molecular weight is 365 g/mol. The second-order valence-electron chi connectivity index (χ2n) is 6.01. The van der Waals surface area contributed by atoms with Gasteiger partial charge >= 0.3 is 0 Å². The molecule has 0 amide bonds. The molecular weight excluding hydrogens is 344 g/mol. The summed E-state index contributed by atoms with van der Waals surface area (Å²) in [4.78, 5) is 0. The molecule has 0 radical (unpaired) electrons. The van der Waals surface area contributed by atoms with Gasteiger partial charge in [-0.3, -0.25) is 9.65 Å². The Kier molecular flexibility index (Phi) is 5.82. The van der Waals surface area contributed by atoms with Crippen molar-refractivity contribution in [3.8, 4) is 0 Å². The van der Waals surface area contributed by atoms with Gasteiger partial charge in [-0.2, -0.15) is 0 Å². The average Bonchev–Trinajstić information content (AvgIpc) is 2.69. The predicted molar refractivity (Wildman–Crippen MR) is 107 cm³/mol. The van der Waals surface area contributed by atoms with Crippen LogP contribution in [-0.2, 0) is 4.57 Å². The smallest absolute Gasteiger partial charge is 0.205 e. The largest absolute Gasteiger partial charge is 0.297 e. The third-order valence-corrected chi connectivity index (χ3v) is 6.99. The van der Waals surface area contributed by atoms with Gasteiger partial charge < -0.3 is 0 Å². The second kappa shape index (κ2) is 8.27. The fraction of sp³-hybridized carbons (Fsp3) is 0.0909. The number of nitrogens with one attached hydrogen (secondary N) is 1. The zero-order chi connectivity index (χ0) is 18.4. The minimum absolute atomic E-state index is 0.320. The van der Waals surface area contributed by atoms with Crippen LogP contribution in [0.25, 0.3) is 0 Å². The molecule has 132 valence electrons. The van der Waals surface area contributed by atoms with E-state index in [1.807, 2.05) is 60.7 Å². The molecule has 0 spiro atoms. The van der Waals surface area contributed by atoms with Crippen molar-refractivity contribution in [3.05, 3.63) is 109 Å². The summed E-state index contributed by atoms with van der Waals surface area (Å²) in [7, 11) is -3.16. The molecule has 3 rings (SSSR count). The molecule has 1 atom stereocenters. The lowest BCUT2D eigenvalue weighted by molar-refractivity contribution is 0.542. The number of rotatable bonds is 7. The molecule has 26 heavy (non-hydrogen) atoms. The molecule has 3 aromatic carbocycles. The van der Waals surface area contributed by atoms with Crippen molar-refractivity contribution >= 4 is 17.9 Å². The van der Waals surface area contributed by atoms with Gasteiger partial charge in [0.25, 0.3) is 0 Å². The van der Waals surface area contributed by atoms with Gasteiger partial charge in [-0.25, -0.2) is 4.39 Å².